The van der Waals surface area contributed by atoms with Gasteiger partial charge < -0.3 is 21.3 Å². The number of primary amides is 1. The Balaban J connectivity index is 1.59. The molecule has 1 saturated heterocycles. The van der Waals surface area contributed by atoms with Crippen molar-refractivity contribution in [2.24, 2.45) is 5.73 Å². The molecule has 1 aliphatic rings. The summed E-state index contributed by atoms with van der Waals surface area (Å²) in [5.74, 6) is 0. The number of carbonyl (C=O) groups is 1. The molecule has 4 N–H and O–H groups in total. The lowest BCUT2D eigenvalue weighted by Gasteiger charge is -2.16. The van der Waals surface area contributed by atoms with Gasteiger partial charge in [0.05, 0.1) is 0 Å². The molecule has 20 heavy (non-hydrogen) atoms. The molecule has 0 aromatic heterocycles. The molecule has 1 aliphatic heterocycles. The van der Waals surface area contributed by atoms with Crippen molar-refractivity contribution in [2.45, 2.75) is 18.9 Å². The first-order chi connectivity index (χ1) is 9.74. The second-order valence-corrected chi connectivity index (χ2v) is 5.27. The van der Waals surface area contributed by atoms with Crippen LogP contribution in [0.25, 0.3) is 0 Å². The molecule has 2 amide bonds. The van der Waals surface area contributed by atoms with Gasteiger partial charge in [0.2, 0.25) is 0 Å². The molecule has 1 aromatic carbocycles. The van der Waals surface area contributed by atoms with Gasteiger partial charge in [-0.1, -0.05) is 30.3 Å². The maximum Gasteiger partial charge on any atom is 0.312 e. The maximum absolute atomic E-state index is 10.5. The zero-order chi connectivity index (χ0) is 14.2. The predicted octanol–water partition coefficient (Wildman–Crippen LogP) is 0.561. The third kappa shape index (κ3) is 5.19. The lowest BCUT2D eigenvalue weighted by molar-refractivity contribution is 0.248. The van der Waals surface area contributed by atoms with Gasteiger partial charge in [-0.15, -0.1) is 0 Å². The number of urea groups is 1. The Morgan fingerprint density at radius 1 is 1.30 bits per heavy atom. The van der Waals surface area contributed by atoms with E-state index < -0.39 is 6.03 Å². The number of rotatable bonds is 7. The molecule has 0 radical (unpaired) electrons. The Bertz CT molecular complexity index is 410. The highest BCUT2D eigenvalue weighted by Crippen LogP contribution is 2.10. The van der Waals surface area contributed by atoms with E-state index in [1.807, 2.05) is 0 Å². The van der Waals surface area contributed by atoms with Crippen LogP contribution in [0.4, 0.5) is 4.79 Å². The van der Waals surface area contributed by atoms with E-state index in [-0.39, 0.29) is 0 Å². The third-order valence-corrected chi connectivity index (χ3v) is 3.69. The topological polar surface area (TPSA) is 70.4 Å². The number of likely N-dealkylation sites (tertiary alicyclic amines) is 1. The predicted molar refractivity (Wildman–Crippen MR) is 80.6 cm³/mol. The summed E-state index contributed by atoms with van der Waals surface area (Å²) >= 11 is 0. The number of hydrogen-bond acceptors (Lipinski definition) is 3. The molecule has 2 rings (SSSR count). The number of benzene rings is 1. The number of carbonyl (C=O) groups excluding carboxylic acids is 1. The summed E-state index contributed by atoms with van der Waals surface area (Å²) < 4.78 is 0. The number of nitrogens with two attached hydrogens (primary N) is 1. The SMILES string of the molecule is NC(=O)NCCNC1CCN(CCc2ccccc2)C1. The second kappa shape index (κ2) is 7.87. The minimum absolute atomic E-state index is 0.456. The Kier molecular flexibility index (Phi) is 5.83. The summed E-state index contributed by atoms with van der Waals surface area (Å²) in [7, 11) is 0. The van der Waals surface area contributed by atoms with Crippen molar-refractivity contribution < 1.29 is 4.79 Å². The molecule has 0 saturated carbocycles. The number of amides is 2. The molecule has 5 heteroatoms. The van der Waals surface area contributed by atoms with Crippen LogP contribution in [0, 0.1) is 0 Å². The van der Waals surface area contributed by atoms with Crippen molar-refractivity contribution in [3.8, 4) is 0 Å². The van der Waals surface area contributed by atoms with E-state index in [9.17, 15) is 4.79 Å². The summed E-state index contributed by atoms with van der Waals surface area (Å²) in [5, 5.41) is 6.04. The van der Waals surface area contributed by atoms with E-state index >= 15 is 0 Å². The first-order valence-corrected chi connectivity index (χ1v) is 7.27. The van der Waals surface area contributed by atoms with Crippen LogP contribution in [-0.4, -0.2) is 49.7 Å². The fourth-order valence-electron chi connectivity index (χ4n) is 2.60. The van der Waals surface area contributed by atoms with Gasteiger partial charge in [-0.25, -0.2) is 4.79 Å². The van der Waals surface area contributed by atoms with Gasteiger partial charge in [0.1, 0.15) is 0 Å². The van der Waals surface area contributed by atoms with Crippen LogP contribution < -0.4 is 16.4 Å². The van der Waals surface area contributed by atoms with Crippen LogP contribution in [0.3, 0.4) is 0 Å². The van der Waals surface area contributed by atoms with Gasteiger partial charge in [-0.3, -0.25) is 0 Å². The van der Waals surface area contributed by atoms with Gasteiger partial charge in [0, 0.05) is 32.2 Å². The van der Waals surface area contributed by atoms with Crippen molar-refractivity contribution in [1.29, 1.82) is 0 Å². The minimum atomic E-state index is -0.456. The van der Waals surface area contributed by atoms with Crippen molar-refractivity contribution in [3.63, 3.8) is 0 Å². The Labute approximate surface area is 120 Å². The van der Waals surface area contributed by atoms with E-state index in [1.165, 1.54) is 12.0 Å². The highest BCUT2D eigenvalue weighted by molar-refractivity contribution is 5.71. The molecule has 1 atom stereocenters. The van der Waals surface area contributed by atoms with E-state index in [0.29, 0.717) is 12.6 Å². The van der Waals surface area contributed by atoms with Gasteiger partial charge in [0.15, 0.2) is 0 Å². The van der Waals surface area contributed by atoms with Crippen LogP contribution in [0.15, 0.2) is 30.3 Å². The van der Waals surface area contributed by atoms with Crippen molar-refractivity contribution >= 4 is 6.03 Å². The van der Waals surface area contributed by atoms with Crippen LogP contribution in [0.2, 0.25) is 0 Å². The monoisotopic (exact) mass is 276 g/mol. The molecular formula is C15H24N4O. The third-order valence-electron chi connectivity index (χ3n) is 3.69. The van der Waals surface area contributed by atoms with E-state index in [2.05, 4.69) is 45.9 Å². The quantitative estimate of drug-likeness (QED) is 0.637. The Hall–Kier alpha value is -1.59. The normalized spacial score (nSPS) is 19.1. The van der Waals surface area contributed by atoms with Crippen LogP contribution >= 0.6 is 0 Å². The summed E-state index contributed by atoms with van der Waals surface area (Å²) in [6, 6.07) is 10.7. The Morgan fingerprint density at radius 3 is 2.85 bits per heavy atom. The van der Waals surface area contributed by atoms with Gasteiger partial charge in [0.25, 0.3) is 0 Å². The molecule has 0 aliphatic carbocycles. The maximum atomic E-state index is 10.5. The first kappa shape index (κ1) is 14.8. The summed E-state index contributed by atoms with van der Waals surface area (Å²) in [5.41, 5.74) is 6.42. The van der Waals surface area contributed by atoms with E-state index in [0.717, 1.165) is 32.6 Å². The highest BCUT2D eigenvalue weighted by Gasteiger charge is 2.21. The van der Waals surface area contributed by atoms with Gasteiger partial charge in [-0.2, -0.15) is 0 Å². The van der Waals surface area contributed by atoms with Crippen LogP contribution in [-0.2, 0) is 6.42 Å². The highest BCUT2D eigenvalue weighted by atomic mass is 16.2. The van der Waals surface area contributed by atoms with E-state index in [4.69, 9.17) is 5.73 Å². The summed E-state index contributed by atoms with van der Waals surface area (Å²) in [6.45, 7) is 4.72. The number of hydrogen-bond donors (Lipinski definition) is 3. The van der Waals surface area contributed by atoms with Gasteiger partial charge in [-0.05, 0) is 24.9 Å². The van der Waals surface area contributed by atoms with Crippen LogP contribution in [0.1, 0.15) is 12.0 Å². The largest absolute Gasteiger partial charge is 0.352 e. The zero-order valence-corrected chi connectivity index (χ0v) is 11.8. The standard InChI is InChI=1S/C15H24N4O/c16-15(20)18-9-8-17-14-7-11-19(12-14)10-6-13-4-2-1-3-5-13/h1-5,14,17H,6-12H2,(H3,16,18,20). The molecule has 0 spiro atoms. The molecular weight excluding hydrogens is 252 g/mol. The Morgan fingerprint density at radius 2 is 2.10 bits per heavy atom. The molecule has 0 bridgehead atoms. The molecule has 5 nitrogen and oxygen atoms in total. The van der Waals surface area contributed by atoms with Crippen molar-refractivity contribution in [3.05, 3.63) is 35.9 Å². The van der Waals surface area contributed by atoms with E-state index in [1.54, 1.807) is 0 Å². The molecule has 1 fully saturated rings. The lowest BCUT2D eigenvalue weighted by Crippen LogP contribution is -2.40. The second-order valence-electron chi connectivity index (χ2n) is 5.27. The molecule has 110 valence electrons. The smallest absolute Gasteiger partial charge is 0.312 e. The molecule has 1 heterocycles. The number of nitrogens with one attached hydrogen (secondary N) is 2. The first-order valence-electron chi connectivity index (χ1n) is 7.27. The summed E-state index contributed by atoms with van der Waals surface area (Å²) in [6.07, 6.45) is 2.28. The lowest BCUT2D eigenvalue weighted by atomic mass is 10.1. The van der Waals surface area contributed by atoms with Crippen LogP contribution in [0.5, 0.6) is 0 Å². The van der Waals surface area contributed by atoms with Crippen molar-refractivity contribution in [1.82, 2.24) is 15.5 Å². The molecule has 1 unspecified atom stereocenters. The van der Waals surface area contributed by atoms with Crippen molar-refractivity contribution in [2.75, 3.05) is 32.7 Å². The average Bonchev–Trinajstić information content (AvgIpc) is 2.90. The summed E-state index contributed by atoms with van der Waals surface area (Å²) in [4.78, 5) is 13.0. The zero-order valence-electron chi connectivity index (χ0n) is 11.8. The average molecular weight is 276 g/mol. The molecule has 1 aromatic rings. The fraction of sp³-hybridized carbons (Fsp3) is 0.533. The minimum Gasteiger partial charge on any atom is -0.352 e. The number of nitrogens with zero attached hydrogens (tertiary/aromatic N) is 1. The van der Waals surface area contributed by atoms with Gasteiger partial charge >= 0.3 is 6.03 Å². The fourth-order valence-corrected chi connectivity index (χ4v) is 2.60.